The van der Waals surface area contributed by atoms with E-state index in [9.17, 15) is 10.2 Å². The largest absolute Gasteiger partial charge is 0.506 e. The second-order valence-electron chi connectivity index (χ2n) is 3.49. The number of phenolic OH excluding ortho intramolecular Hbond substituents is 1. The number of hydrogen-bond acceptors (Lipinski definition) is 3. The van der Waals surface area contributed by atoms with Gasteiger partial charge in [0, 0.05) is 18.6 Å². The molecule has 3 nitrogen and oxygen atoms in total. The summed E-state index contributed by atoms with van der Waals surface area (Å²) in [7, 11) is 0. The van der Waals surface area contributed by atoms with Gasteiger partial charge in [0.05, 0.1) is 10.6 Å². The molecule has 84 valence electrons. The molecule has 1 unspecified atom stereocenters. The van der Waals surface area contributed by atoms with Crippen LogP contribution >= 0.6 is 11.6 Å². The highest BCUT2D eigenvalue weighted by molar-refractivity contribution is 6.32. The van der Waals surface area contributed by atoms with E-state index in [0.29, 0.717) is 12.0 Å². The van der Waals surface area contributed by atoms with Crippen molar-refractivity contribution in [2.45, 2.75) is 25.4 Å². The molecule has 1 aromatic carbocycles. The van der Waals surface area contributed by atoms with Crippen molar-refractivity contribution in [3.8, 4) is 5.75 Å². The molecule has 3 N–H and O–H groups in total. The van der Waals surface area contributed by atoms with Gasteiger partial charge in [0.2, 0.25) is 0 Å². The quantitative estimate of drug-likeness (QED) is 0.742. The molecule has 0 fully saturated rings. The smallest absolute Gasteiger partial charge is 0.140 e. The number of hydrogen-bond donors (Lipinski definition) is 3. The van der Waals surface area contributed by atoms with Crippen LogP contribution in [0.15, 0.2) is 18.2 Å². The molecule has 4 heteroatoms. The lowest BCUT2D eigenvalue weighted by Crippen LogP contribution is -2.26. The molecule has 0 radical (unpaired) electrons. The first kappa shape index (κ1) is 12.3. The van der Waals surface area contributed by atoms with Crippen LogP contribution in [0.3, 0.4) is 0 Å². The third kappa shape index (κ3) is 2.43. The van der Waals surface area contributed by atoms with Crippen molar-refractivity contribution in [1.82, 2.24) is 0 Å². The molecule has 1 aromatic rings. The molecule has 0 bridgehead atoms. The van der Waals surface area contributed by atoms with E-state index in [1.165, 1.54) is 0 Å². The lowest BCUT2D eigenvalue weighted by molar-refractivity contribution is 0.00592. The molecule has 0 heterocycles. The van der Waals surface area contributed by atoms with E-state index in [1.807, 2.05) is 0 Å². The van der Waals surface area contributed by atoms with Crippen molar-refractivity contribution in [1.29, 1.82) is 0 Å². The SMILES string of the molecule is CCC(O)(CCO)c1cccc(Cl)c1O. The summed E-state index contributed by atoms with van der Waals surface area (Å²) in [6.07, 6.45) is 0.582. The van der Waals surface area contributed by atoms with Gasteiger partial charge in [0.15, 0.2) is 0 Å². The Morgan fingerprint density at radius 1 is 1.40 bits per heavy atom. The van der Waals surface area contributed by atoms with Crippen LogP contribution in [-0.4, -0.2) is 21.9 Å². The van der Waals surface area contributed by atoms with E-state index in [-0.39, 0.29) is 23.8 Å². The summed E-state index contributed by atoms with van der Waals surface area (Å²) in [5.41, 5.74) is -0.851. The fourth-order valence-electron chi connectivity index (χ4n) is 1.58. The van der Waals surface area contributed by atoms with E-state index in [2.05, 4.69) is 0 Å². The average molecular weight is 231 g/mol. The standard InChI is InChI=1S/C11H15ClO3/c1-2-11(15,6-7-13)8-4-3-5-9(12)10(8)14/h3-5,13-15H,2,6-7H2,1H3. The van der Waals surface area contributed by atoms with Gasteiger partial charge in [-0.25, -0.2) is 0 Å². The third-order valence-electron chi connectivity index (χ3n) is 2.60. The van der Waals surface area contributed by atoms with Gasteiger partial charge in [0.1, 0.15) is 5.75 Å². The average Bonchev–Trinajstić information content (AvgIpc) is 2.22. The maximum Gasteiger partial charge on any atom is 0.140 e. The summed E-state index contributed by atoms with van der Waals surface area (Å²) < 4.78 is 0. The van der Waals surface area contributed by atoms with Crippen molar-refractivity contribution in [3.63, 3.8) is 0 Å². The molecule has 0 aromatic heterocycles. The Balaban J connectivity index is 3.17. The summed E-state index contributed by atoms with van der Waals surface area (Å²) in [5.74, 6) is -0.114. The van der Waals surface area contributed by atoms with E-state index in [4.69, 9.17) is 16.7 Å². The predicted octanol–water partition coefficient (Wildman–Crippen LogP) is 2.03. The zero-order valence-corrected chi connectivity index (χ0v) is 9.33. The van der Waals surface area contributed by atoms with Crippen molar-refractivity contribution in [2.24, 2.45) is 0 Å². The molecule has 0 aliphatic carbocycles. The van der Waals surface area contributed by atoms with Gasteiger partial charge in [-0.15, -0.1) is 0 Å². The summed E-state index contributed by atoms with van der Waals surface area (Å²) in [6.45, 7) is 1.65. The Hall–Kier alpha value is -0.770. The first-order valence-corrected chi connectivity index (χ1v) is 5.24. The van der Waals surface area contributed by atoms with Crippen LogP contribution in [0.4, 0.5) is 0 Å². The summed E-state index contributed by atoms with van der Waals surface area (Å²) in [5, 5.41) is 29.0. The van der Waals surface area contributed by atoms with Gasteiger partial charge in [0.25, 0.3) is 0 Å². The van der Waals surface area contributed by atoms with Gasteiger partial charge in [-0.2, -0.15) is 0 Å². The third-order valence-corrected chi connectivity index (χ3v) is 2.90. The molecule has 0 aliphatic heterocycles. The first-order chi connectivity index (χ1) is 7.05. The van der Waals surface area contributed by atoms with Crippen molar-refractivity contribution < 1.29 is 15.3 Å². The number of rotatable bonds is 4. The van der Waals surface area contributed by atoms with Crippen LogP contribution in [0, 0.1) is 0 Å². The highest BCUT2D eigenvalue weighted by atomic mass is 35.5. The lowest BCUT2D eigenvalue weighted by atomic mass is 9.87. The Morgan fingerprint density at radius 2 is 2.07 bits per heavy atom. The molecule has 0 saturated carbocycles. The molecule has 0 saturated heterocycles. The normalized spacial score (nSPS) is 14.9. The van der Waals surface area contributed by atoms with E-state index in [0.717, 1.165) is 0 Å². The molecular weight excluding hydrogens is 216 g/mol. The minimum atomic E-state index is -1.22. The predicted molar refractivity (Wildman–Crippen MR) is 59.0 cm³/mol. The number of aromatic hydroxyl groups is 1. The molecular formula is C11H15ClO3. The minimum absolute atomic E-state index is 0.114. The minimum Gasteiger partial charge on any atom is -0.506 e. The fourth-order valence-corrected chi connectivity index (χ4v) is 1.75. The van der Waals surface area contributed by atoms with Crippen LogP contribution < -0.4 is 0 Å². The number of halogens is 1. The molecule has 0 spiro atoms. The molecule has 1 atom stereocenters. The zero-order valence-electron chi connectivity index (χ0n) is 8.57. The second kappa shape index (κ2) is 4.84. The molecule has 0 amide bonds. The highest BCUT2D eigenvalue weighted by Gasteiger charge is 2.29. The monoisotopic (exact) mass is 230 g/mol. The van der Waals surface area contributed by atoms with E-state index in [1.54, 1.807) is 25.1 Å². The number of phenols is 1. The van der Waals surface area contributed by atoms with Crippen LogP contribution in [0.2, 0.25) is 5.02 Å². The van der Waals surface area contributed by atoms with Gasteiger partial charge in [-0.3, -0.25) is 0 Å². The van der Waals surface area contributed by atoms with Crippen LogP contribution in [0.25, 0.3) is 0 Å². The zero-order chi connectivity index (χ0) is 11.5. The summed E-state index contributed by atoms with van der Waals surface area (Å²) in [4.78, 5) is 0. The summed E-state index contributed by atoms with van der Waals surface area (Å²) in [6, 6.07) is 4.82. The Labute approximate surface area is 93.9 Å². The topological polar surface area (TPSA) is 60.7 Å². The van der Waals surface area contributed by atoms with Crippen molar-refractivity contribution in [2.75, 3.05) is 6.61 Å². The van der Waals surface area contributed by atoms with Crippen molar-refractivity contribution in [3.05, 3.63) is 28.8 Å². The van der Waals surface area contributed by atoms with Gasteiger partial charge >= 0.3 is 0 Å². The van der Waals surface area contributed by atoms with Crippen LogP contribution in [-0.2, 0) is 5.60 Å². The highest BCUT2D eigenvalue weighted by Crippen LogP contribution is 2.38. The van der Waals surface area contributed by atoms with Gasteiger partial charge < -0.3 is 15.3 Å². The second-order valence-corrected chi connectivity index (χ2v) is 3.90. The number of para-hydroxylation sites is 1. The fraction of sp³-hybridized carbons (Fsp3) is 0.455. The Bertz CT molecular complexity index is 341. The number of benzene rings is 1. The van der Waals surface area contributed by atoms with Crippen LogP contribution in [0.1, 0.15) is 25.3 Å². The summed E-state index contributed by atoms with van der Waals surface area (Å²) >= 11 is 5.75. The van der Waals surface area contributed by atoms with E-state index >= 15 is 0 Å². The van der Waals surface area contributed by atoms with Gasteiger partial charge in [-0.1, -0.05) is 30.7 Å². The molecule has 0 aliphatic rings. The van der Waals surface area contributed by atoms with Gasteiger partial charge in [-0.05, 0) is 12.5 Å². The Kier molecular flexibility index (Phi) is 3.97. The maximum absolute atomic E-state index is 10.2. The van der Waals surface area contributed by atoms with Crippen molar-refractivity contribution >= 4 is 11.6 Å². The Morgan fingerprint density at radius 3 is 2.60 bits per heavy atom. The first-order valence-electron chi connectivity index (χ1n) is 4.86. The molecule has 1 rings (SSSR count). The lowest BCUT2D eigenvalue weighted by Gasteiger charge is -2.27. The number of aliphatic hydroxyl groups is 2. The van der Waals surface area contributed by atoms with Crippen LogP contribution in [0.5, 0.6) is 5.75 Å². The number of aliphatic hydroxyl groups excluding tert-OH is 1. The van der Waals surface area contributed by atoms with E-state index < -0.39 is 5.60 Å². The maximum atomic E-state index is 10.2. The molecule has 15 heavy (non-hydrogen) atoms.